The van der Waals surface area contributed by atoms with Gasteiger partial charge in [0.2, 0.25) is 11.1 Å². The van der Waals surface area contributed by atoms with Crippen molar-refractivity contribution in [3.63, 3.8) is 0 Å². The van der Waals surface area contributed by atoms with Gasteiger partial charge in [-0.25, -0.2) is 9.50 Å². The van der Waals surface area contributed by atoms with Gasteiger partial charge in [-0.2, -0.15) is 4.98 Å². The van der Waals surface area contributed by atoms with Crippen LogP contribution in [-0.4, -0.2) is 37.3 Å². The summed E-state index contributed by atoms with van der Waals surface area (Å²) in [5.41, 5.74) is 3.97. The van der Waals surface area contributed by atoms with E-state index >= 15 is 0 Å². The maximum Gasteiger partial charge on any atom is 0.253 e. The molecule has 3 rings (SSSR count). The summed E-state index contributed by atoms with van der Waals surface area (Å²) in [6.45, 7) is 10.5. The fourth-order valence-corrected chi connectivity index (χ4v) is 3.60. The van der Waals surface area contributed by atoms with Crippen molar-refractivity contribution in [3.05, 3.63) is 47.3 Å². The Morgan fingerprint density at radius 2 is 1.88 bits per heavy atom. The Bertz CT molecular complexity index is 938. The first-order valence-corrected chi connectivity index (χ1v) is 9.54. The van der Waals surface area contributed by atoms with Gasteiger partial charge in [0.15, 0.2) is 0 Å². The van der Waals surface area contributed by atoms with Gasteiger partial charge in [-0.05, 0) is 52.3 Å². The minimum atomic E-state index is -0.296. The smallest absolute Gasteiger partial charge is 0.253 e. The monoisotopic (exact) mass is 369 g/mol. The van der Waals surface area contributed by atoms with Gasteiger partial charge in [-0.1, -0.05) is 30.0 Å². The maximum atomic E-state index is 12.9. The first-order valence-electron chi connectivity index (χ1n) is 8.66. The molecule has 0 aliphatic rings. The number of para-hydroxylation sites is 1. The van der Waals surface area contributed by atoms with Gasteiger partial charge in [0.1, 0.15) is 0 Å². The standard InChI is InChI=1S/C19H23N5OS/c1-6-23(16-10-8-7-9-11-16)17(25)15(5)26-19-21-18-20-13(3)12(2)14(4)24(18)22-19/h7-11,15H,6H2,1-5H3. The number of carbonyl (C=O) groups excluding carboxylic acids is 1. The Morgan fingerprint density at radius 1 is 1.19 bits per heavy atom. The normalized spacial score (nSPS) is 12.3. The van der Waals surface area contributed by atoms with Crippen LogP contribution >= 0.6 is 11.8 Å². The van der Waals surface area contributed by atoms with Gasteiger partial charge in [-0.15, -0.1) is 5.10 Å². The average Bonchev–Trinajstić information content (AvgIpc) is 3.03. The highest BCUT2D eigenvalue weighted by Gasteiger charge is 2.23. The van der Waals surface area contributed by atoms with Crippen LogP contribution in [0.15, 0.2) is 35.5 Å². The SMILES string of the molecule is CCN(C(=O)C(C)Sc1nc2nc(C)c(C)c(C)n2n1)c1ccccc1. The number of carbonyl (C=O) groups is 1. The van der Waals surface area contributed by atoms with Gasteiger partial charge in [0.05, 0.1) is 5.25 Å². The molecule has 1 amide bonds. The molecule has 7 heteroatoms. The molecule has 0 saturated heterocycles. The zero-order valence-electron chi connectivity index (χ0n) is 15.7. The van der Waals surface area contributed by atoms with Crippen LogP contribution in [0.5, 0.6) is 0 Å². The molecule has 1 aromatic carbocycles. The molecule has 0 fully saturated rings. The topological polar surface area (TPSA) is 63.4 Å². The van der Waals surface area contributed by atoms with Crippen molar-refractivity contribution in [2.24, 2.45) is 0 Å². The maximum absolute atomic E-state index is 12.9. The molecule has 1 unspecified atom stereocenters. The summed E-state index contributed by atoms with van der Waals surface area (Å²) in [6, 6.07) is 9.71. The summed E-state index contributed by atoms with van der Waals surface area (Å²) in [5, 5.41) is 4.80. The number of aromatic nitrogens is 4. The first kappa shape index (κ1) is 18.4. The van der Waals surface area contributed by atoms with Gasteiger partial charge >= 0.3 is 0 Å². The lowest BCUT2D eigenvalue weighted by atomic mass is 10.2. The van der Waals surface area contributed by atoms with Crippen LogP contribution in [-0.2, 0) is 4.79 Å². The third-order valence-electron chi connectivity index (χ3n) is 4.52. The summed E-state index contributed by atoms with van der Waals surface area (Å²) < 4.78 is 1.75. The van der Waals surface area contributed by atoms with Crippen LogP contribution in [0.3, 0.4) is 0 Å². The first-order chi connectivity index (χ1) is 12.4. The number of fused-ring (bicyclic) bond motifs is 1. The Hall–Kier alpha value is -2.41. The van der Waals surface area contributed by atoms with Crippen LogP contribution in [0, 0.1) is 20.8 Å². The zero-order valence-corrected chi connectivity index (χ0v) is 16.5. The van der Waals surface area contributed by atoms with Gasteiger partial charge < -0.3 is 4.90 Å². The van der Waals surface area contributed by atoms with Crippen LogP contribution in [0.25, 0.3) is 5.78 Å². The molecule has 0 aliphatic carbocycles. The Labute approximate surface area is 157 Å². The molecular weight excluding hydrogens is 346 g/mol. The van der Waals surface area contributed by atoms with Crippen molar-refractivity contribution in [1.82, 2.24) is 19.6 Å². The molecule has 6 nitrogen and oxygen atoms in total. The highest BCUT2D eigenvalue weighted by atomic mass is 32.2. The number of aryl methyl sites for hydroxylation is 2. The molecule has 0 aliphatic heterocycles. The van der Waals surface area contributed by atoms with Crippen LogP contribution in [0.4, 0.5) is 5.69 Å². The van der Waals surface area contributed by atoms with Crippen LogP contribution in [0.2, 0.25) is 0 Å². The fraction of sp³-hybridized carbons (Fsp3) is 0.368. The molecule has 1 atom stereocenters. The lowest BCUT2D eigenvalue weighted by molar-refractivity contribution is -0.117. The Morgan fingerprint density at radius 3 is 2.54 bits per heavy atom. The van der Waals surface area contributed by atoms with E-state index in [1.165, 1.54) is 11.8 Å². The minimum Gasteiger partial charge on any atom is -0.312 e. The average molecular weight is 369 g/mol. The van der Waals surface area contributed by atoms with E-state index in [0.717, 1.165) is 22.6 Å². The molecule has 0 N–H and O–H groups in total. The molecule has 0 bridgehead atoms. The van der Waals surface area contributed by atoms with E-state index in [9.17, 15) is 4.79 Å². The lowest BCUT2D eigenvalue weighted by Gasteiger charge is -2.23. The number of nitrogens with zero attached hydrogens (tertiary/aromatic N) is 5. The van der Waals surface area contributed by atoms with E-state index in [0.29, 0.717) is 17.5 Å². The zero-order chi connectivity index (χ0) is 18.8. The lowest BCUT2D eigenvalue weighted by Crippen LogP contribution is -2.36. The highest BCUT2D eigenvalue weighted by Crippen LogP contribution is 2.25. The molecule has 136 valence electrons. The van der Waals surface area contributed by atoms with Crippen molar-refractivity contribution >= 4 is 29.1 Å². The second-order valence-corrected chi connectivity index (χ2v) is 7.50. The summed E-state index contributed by atoms with van der Waals surface area (Å²) >= 11 is 1.36. The van der Waals surface area contributed by atoms with E-state index < -0.39 is 0 Å². The quantitative estimate of drug-likeness (QED) is 0.643. The van der Waals surface area contributed by atoms with Gasteiger partial charge in [0.25, 0.3) is 5.78 Å². The van der Waals surface area contributed by atoms with Gasteiger partial charge in [-0.3, -0.25) is 4.79 Å². The van der Waals surface area contributed by atoms with E-state index in [2.05, 4.69) is 15.1 Å². The molecule has 0 spiro atoms. The molecular formula is C19H23N5OS. The largest absolute Gasteiger partial charge is 0.312 e. The second kappa shape index (κ2) is 7.45. The van der Waals surface area contributed by atoms with Crippen LogP contribution < -0.4 is 4.90 Å². The third-order valence-corrected chi connectivity index (χ3v) is 5.46. The molecule has 2 heterocycles. The summed E-state index contributed by atoms with van der Waals surface area (Å²) in [6.07, 6.45) is 0. The summed E-state index contributed by atoms with van der Waals surface area (Å²) in [5.74, 6) is 0.614. The van der Waals surface area contributed by atoms with Crippen molar-refractivity contribution in [2.45, 2.75) is 45.0 Å². The predicted octanol–water partition coefficient (Wildman–Crippen LogP) is 3.58. The number of hydrogen-bond acceptors (Lipinski definition) is 5. The van der Waals surface area contributed by atoms with Crippen molar-refractivity contribution in [1.29, 1.82) is 0 Å². The number of thioether (sulfide) groups is 1. The predicted molar refractivity (Wildman–Crippen MR) is 105 cm³/mol. The number of amides is 1. The fourth-order valence-electron chi connectivity index (χ4n) is 2.79. The number of hydrogen-bond donors (Lipinski definition) is 0. The Kier molecular flexibility index (Phi) is 5.27. The van der Waals surface area contributed by atoms with Crippen molar-refractivity contribution in [3.8, 4) is 0 Å². The second-order valence-electron chi connectivity index (χ2n) is 6.19. The third kappa shape index (κ3) is 3.44. The number of benzene rings is 1. The summed E-state index contributed by atoms with van der Waals surface area (Å²) in [4.78, 5) is 23.7. The van der Waals surface area contributed by atoms with E-state index in [1.54, 1.807) is 9.42 Å². The summed E-state index contributed by atoms with van der Waals surface area (Å²) in [7, 11) is 0. The number of rotatable bonds is 5. The van der Waals surface area contributed by atoms with Crippen molar-refractivity contribution in [2.75, 3.05) is 11.4 Å². The van der Waals surface area contributed by atoms with E-state index in [1.807, 2.05) is 65.0 Å². The minimum absolute atomic E-state index is 0.0413. The molecule has 0 radical (unpaired) electrons. The van der Waals surface area contributed by atoms with Crippen molar-refractivity contribution < 1.29 is 4.79 Å². The molecule has 3 aromatic rings. The van der Waals surface area contributed by atoms with Crippen LogP contribution in [0.1, 0.15) is 30.8 Å². The van der Waals surface area contributed by atoms with Gasteiger partial charge in [0, 0.05) is 23.6 Å². The Balaban J connectivity index is 1.83. The highest BCUT2D eigenvalue weighted by molar-refractivity contribution is 8.00. The number of anilines is 1. The molecule has 0 saturated carbocycles. The van der Waals surface area contributed by atoms with E-state index in [4.69, 9.17) is 0 Å². The molecule has 2 aromatic heterocycles. The molecule has 26 heavy (non-hydrogen) atoms. The van der Waals surface area contributed by atoms with E-state index in [-0.39, 0.29) is 11.2 Å².